The monoisotopic (exact) mass is 345 g/mol. The molecule has 2 rings (SSSR count). The average molecular weight is 346 g/mol. The number of benzene rings is 2. The van der Waals surface area contributed by atoms with E-state index in [0.29, 0.717) is 12.1 Å². The first-order valence-corrected chi connectivity index (χ1v) is 7.20. The van der Waals surface area contributed by atoms with Gasteiger partial charge in [0.1, 0.15) is 11.6 Å². The predicted molar refractivity (Wildman–Crippen MR) is 81.2 cm³/mol. The molecule has 0 spiro atoms. The van der Waals surface area contributed by atoms with Crippen molar-refractivity contribution in [2.45, 2.75) is 19.2 Å². The molecule has 2 aromatic rings. The number of aliphatic hydroxyl groups is 1. The van der Waals surface area contributed by atoms with E-state index in [-0.39, 0.29) is 17.4 Å². The predicted octanol–water partition coefficient (Wildman–Crippen LogP) is 3.90. The molecule has 0 fully saturated rings. The zero-order valence-corrected chi connectivity index (χ0v) is 12.7. The molecule has 2 N–H and O–H groups in total. The third kappa shape index (κ3) is 5.13. The Balaban J connectivity index is 1.98. The fourth-order valence-corrected chi connectivity index (χ4v) is 2.16. The van der Waals surface area contributed by atoms with Crippen LogP contribution in [0, 0.1) is 5.82 Å². The van der Waals surface area contributed by atoms with E-state index in [4.69, 9.17) is 11.6 Å². The molecule has 2 aromatic carbocycles. The Morgan fingerprint density at radius 3 is 2.39 bits per heavy atom. The lowest BCUT2D eigenvalue weighted by Crippen LogP contribution is -2.24. The third-order valence-electron chi connectivity index (χ3n) is 3.23. The lowest BCUT2D eigenvalue weighted by atomic mass is 10.1. The van der Waals surface area contributed by atoms with Crippen LogP contribution in [-0.4, -0.2) is 18.3 Å². The molecule has 0 saturated carbocycles. The lowest BCUT2D eigenvalue weighted by Gasteiger charge is -2.17. The van der Waals surface area contributed by atoms with Gasteiger partial charge < -0.3 is 15.2 Å². The SMILES string of the molecule is OCC(NCc1ccc(OC(F)F)cc1)c1ccc(Cl)c(F)c1. The summed E-state index contributed by atoms with van der Waals surface area (Å²) >= 11 is 5.63. The first-order chi connectivity index (χ1) is 11.0. The summed E-state index contributed by atoms with van der Waals surface area (Å²) in [6.07, 6.45) is 0. The Morgan fingerprint density at radius 1 is 1.13 bits per heavy atom. The Hall–Kier alpha value is -1.76. The van der Waals surface area contributed by atoms with Crippen LogP contribution in [0.4, 0.5) is 13.2 Å². The van der Waals surface area contributed by atoms with Crippen molar-refractivity contribution < 1.29 is 23.0 Å². The molecule has 3 nitrogen and oxygen atoms in total. The summed E-state index contributed by atoms with van der Waals surface area (Å²) in [5.41, 5.74) is 1.37. The van der Waals surface area contributed by atoms with E-state index >= 15 is 0 Å². The second-order valence-electron chi connectivity index (χ2n) is 4.81. The first kappa shape index (κ1) is 17.6. The number of nitrogens with one attached hydrogen (secondary N) is 1. The fraction of sp³-hybridized carbons (Fsp3) is 0.250. The van der Waals surface area contributed by atoms with Crippen molar-refractivity contribution in [3.8, 4) is 5.75 Å². The highest BCUT2D eigenvalue weighted by Crippen LogP contribution is 2.21. The van der Waals surface area contributed by atoms with Gasteiger partial charge in [0.25, 0.3) is 0 Å². The van der Waals surface area contributed by atoms with Crippen molar-refractivity contribution >= 4 is 11.6 Å². The van der Waals surface area contributed by atoms with Gasteiger partial charge in [0.2, 0.25) is 0 Å². The van der Waals surface area contributed by atoms with E-state index in [2.05, 4.69) is 10.1 Å². The smallest absolute Gasteiger partial charge is 0.387 e. The molecular formula is C16H15ClF3NO2. The minimum absolute atomic E-state index is 0.0139. The van der Waals surface area contributed by atoms with Gasteiger partial charge >= 0.3 is 6.61 Å². The molecule has 1 atom stereocenters. The first-order valence-electron chi connectivity index (χ1n) is 6.82. The number of alkyl halides is 2. The van der Waals surface area contributed by atoms with Gasteiger partial charge in [-0.1, -0.05) is 29.8 Å². The van der Waals surface area contributed by atoms with E-state index in [1.807, 2.05) is 0 Å². The molecule has 1 unspecified atom stereocenters. The number of aliphatic hydroxyl groups excluding tert-OH is 1. The van der Waals surface area contributed by atoms with Gasteiger partial charge in [-0.2, -0.15) is 8.78 Å². The van der Waals surface area contributed by atoms with E-state index in [9.17, 15) is 18.3 Å². The molecule has 0 amide bonds. The van der Waals surface area contributed by atoms with Crippen molar-refractivity contribution in [1.29, 1.82) is 0 Å². The lowest BCUT2D eigenvalue weighted by molar-refractivity contribution is -0.0498. The van der Waals surface area contributed by atoms with Crippen LogP contribution < -0.4 is 10.1 Å². The van der Waals surface area contributed by atoms with Crippen LogP contribution in [0.3, 0.4) is 0 Å². The van der Waals surface area contributed by atoms with Crippen molar-refractivity contribution in [3.63, 3.8) is 0 Å². The van der Waals surface area contributed by atoms with Crippen LogP contribution in [0.2, 0.25) is 5.02 Å². The van der Waals surface area contributed by atoms with E-state index < -0.39 is 18.5 Å². The molecule has 23 heavy (non-hydrogen) atoms. The number of halogens is 4. The van der Waals surface area contributed by atoms with Crippen molar-refractivity contribution in [2.75, 3.05) is 6.61 Å². The van der Waals surface area contributed by atoms with Gasteiger partial charge in [-0.15, -0.1) is 0 Å². The molecule has 0 aromatic heterocycles. The molecule has 0 aliphatic carbocycles. The summed E-state index contributed by atoms with van der Waals surface area (Å²) in [5.74, 6) is -0.486. The van der Waals surface area contributed by atoms with E-state index in [1.165, 1.54) is 24.3 Å². The molecule has 124 valence electrons. The van der Waals surface area contributed by atoms with E-state index in [1.54, 1.807) is 18.2 Å². The molecule has 7 heteroatoms. The number of rotatable bonds is 7. The summed E-state index contributed by atoms with van der Waals surface area (Å²) in [6.45, 7) is -2.73. The van der Waals surface area contributed by atoms with Gasteiger partial charge in [-0.3, -0.25) is 0 Å². The largest absolute Gasteiger partial charge is 0.435 e. The zero-order valence-electron chi connectivity index (χ0n) is 12.0. The molecule has 0 bridgehead atoms. The third-order valence-corrected chi connectivity index (χ3v) is 3.54. The van der Waals surface area contributed by atoms with Gasteiger partial charge in [-0.05, 0) is 35.4 Å². The quantitative estimate of drug-likeness (QED) is 0.799. The van der Waals surface area contributed by atoms with Gasteiger partial charge in [0.05, 0.1) is 17.7 Å². The Kier molecular flexibility index (Phi) is 6.27. The summed E-state index contributed by atoms with van der Waals surface area (Å²) in [7, 11) is 0. The van der Waals surface area contributed by atoms with Crippen LogP contribution in [-0.2, 0) is 6.54 Å². The summed E-state index contributed by atoms with van der Waals surface area (Å²) in [5, 5.41) is 12.5. The average Bonchev–Trinajstić information content (AvgIpc) is 2.52. The summed E-state index contributed by atoms with van der Waals surface area (Å²) < 4.78 is 41.9. The topological polar surface area (TPSA) is 41.5 Å². The maximum atomic E-state index is 13.5. The van der Waals surface area contributed by atoms with Gasteiger partial charge in [0.15, 0.2) is 0 Å². The van der Waals surface area contributed by atoms with Crippen LogP contribution in [0.1, 0.15) is 17.2 Å². The second-order valence-corrected chi connectivity index (χ2v) is 5.22. The van der Waals surface area contributed by atoms with E-state index in [0.717, 1.165) is 5.56 Å². The Labute approximate surface area is 136 Å². The van der Waals surface area contributed by atoms with Crippen molar-refractivity contribution in [1.82, 2.24) is 5.32 Å². The number of hydrogen-bond acceptors (Lipinski definition) is 3. The maximum absolute atomic E-state index is 13.5. The van der Waals surface area contributed by atoms with Gasteiger partial charge in [0, 0.05) is 6.54 Å². The zero-order chi connectivity index (χ0) is 16.8. The highest BCUT2D eigenvalue weighted by Gasteiger charge is 2.12. The normalized spacial score (nSPS) is 12.4. The number of ether oxygens (including phenoxy) is 1. The molecule has 0 radical (unpaired) electrons. The van der Waals surface area contributed by atoms with Gasteiger partial charge in [-0.25, -0.2) is 4.39 Å². The number of hydrogen-bond donors (Lipinski definition) is 2. The fourth-order valence-electron chi connectivity index (χ4n) is 2.05. The maximum Gasteiger partial charge on any atom is 0.387 e. The highest BCUT2D eigenvalue weighted by molar-refractivity contribution is 6.30. The summed E-state index contributed by atoms with van der Waals surface area (Å²) in [4.78, 5) is 0. The molecule has 0 aliphatic rings. The van der Waals surface area contributed by atoms with Crippen LogP contribution >= 0.6 is 11.6 Å². The van der Waals surface area contributed by atoms with Crippen molar-refractivity contribution in [2.24, 2.45) is 0 Å². The molecule has 0 saturated heterocycles. The van der Waals surface area contributed by atoms with Crippen LogP contribution in [0.25, 0.3) is 0 Å². The summed E-state index contributed by atoms with van der Waals surface area (Å²) in [6, 6.07) is 9.95. The molecule has 0 aliphatic heterocycles. The standard InChI is InChI=1S/C16H15ClF3NO2/c17-13-6-3-11(7-14(13)18)15(9-22)21-8-10-1-4-12(5-2-10)23-16(19)20/h1-7,15-16,21-22H,8-9H2. The molecular weight excluding hydrogens is 331 g/mol. The second kappa shape index (κ2) is 8.19. The highest BCUT2D eigenvalue weighted by atomic mass is 35.5. The Morgan fingerprint density at radius 2 is 1.83 bits per heavy atom. The van der Waals surface area contributed by atoms with Crippen molar-refractivity contribution in [3.05, 3.63) is 64.4 Å². The van der Waals surface area contributed by atoms with Crippen LogP contribution in [0.15, 0.2) is 42.5 Å². The van der Waals surface area contributed by atoms with Crippen LogP contribution in [0.5, 0.6) is 5.75 Å². The molecule has 0 heterocycles. The minimum atomic E-state index is -2.86. The minimum Gasteiger partial charge on any atom is -0.435 e. The Bertz CT molecular complexity index is 638.